The summed E-state index contributed by atoms with van der Waals surface area (Å²) in [5.41, 5.74) is 8.58. The molecule has 1 amide bonds. The predicted molar refractivity (Wildman–Crippen MR) is 135 cm³/mol. The van der Waals surface area contributed by atoms with Gasteiger partial charge in [0, 0.05) is 27.7 Å². The zero-order valence-electron chi connectivity index (χ0n) is 19.5. The second kappa shape index (κ2) is 13.4. The van der Waals surface area contributed by atoms with Crippen molar-refractivity contribution in [1.82, 2.24) is 10.8 Å². The summed E-state index contributed by atoms with van der Waals surface area (Å²) in [6, 6.07) is 17.7. The van der Waals surface area contributed by atoms with E-state index in [-0.39, 0.29) is 11.9 Å². The van der Waals surface area contributed by atoms with Crippen LogP contribution in [0, 0.1) is 0 Å². The van der Waals surface area contributed by atoms with E-state index in [1.165, 1.54) is 18.8 Å². The normalized spacial score (nSPS) is 12.6. The van der Waals surface area contributed by atoms with Gasteiger partial charge in [-0.1, -0.05) is 67.1 Å². The van der Waals surface area contributed by atoms with Gasteiger partial charge in [-0.25, -0.2) is 10.3 Å². The predicted octanol–water partition coefficient (Wildman–Crippen LogP) is 4.96. The number of carbonyl (C=O) groups is 2. The minimum absolute atomic E-state index is 0.344. The SMILES string of the molecule is CCC(C)=C(Cc1ccc(/C=C/C(=O)NOP)cc1)N/C(=C(\C)C(=O)OC)c1ccccc1. The number of ether oxygens (including phenoxy) is 1. The van der Waals surface area contributed by atoms with Crippen LogP contribution in [-0.4, -0.2) is 19.0 Å². The molecule has 0 saturated heterocycles. The van der Waals surface area contributed by atoms with Gasteiger partial charge in [0.25, 0.3) is 5.91 Å². The molecule has 0 aliphatic rings. The highest BCUT2D eigenvalue weighted by Gasteiger charge is 2.15. The summed E-state index contributed by atoms with van der Waals surface area (Å²) in [5.74, 6) is -0.717. The lowest BCUT2D eigenvalue weighted by Crippen LogP contribution is -2.20. The zero-order chi connectivity index (χ0) is 24.2. The fraction of sp³-hybridized carbons (Fsp3) is 0.231. The number of nitrogens with one attached hydrogen (secondary N) is 2. The summed E-state index contributed by atoms with van der Waals surface area (Å²) in [6.45, 7) is 5.95. The zero-order valence-corrected chi connectivity index (χ0v) is 20.6. The second-order valence-corrected chi connectivity index (χ2v) is 7.67. The Balaban J connectivity index is 2.31. The molecule has 6 nitrogen and oxygen atoms in total. The van der Waals surface area contributed by atoms with E-state index in [0.717, 1.165) is 34.5 Å². The number of benzene rings is 2. The second-order valence-electron chi connectivity index (χ2n) is 7.43. The van der Waals surface area contributed by atoms with E-state index in [0.29, 0.717) is 12.0 Å². The smallest absolute Gasteiger partial charge is 0.335 e. The first-order valence-corrected chi connectivity index (χ1v) is 11.1. The maximum atomic E-state index is 12.3. The van der Waals surface area contributed by atoms with Crippen LogP contribution in [0.3, 0.4) is 0 Å². The summed E-state index contributed by atoms with van der Waals surface area (Å²) in [6.07, 6.45) is 4.65. The first-order chi connectivity index (χ1) is 15.9. The van der Waals surface area contributed by atoms with Gasteiger partial charge >= 0.3 is 5.97 Å². The molecule has 0 spiro atoms. The Morgan fingerprint density at radius 2 is 1.70 bits per heavy atom. The highest BCUT2D eigenvalue weighted by atomic mass is 31.0. The molecule has 1 unspecified atom stereocenters. The van der Waals surface area contributed by atoms with Crippen LogP contribution in [-0.2, 0) is 25.4 Å². The number of amides is 1. The Bertz CT molecular complexity index is 1040. The minimum Gasteiger partial charge on any atom is -0.466 e. The number of hydrogen-bond donors (Lipinski definition) is 2. The van der Waals surface area contributed by atoms with Crippen LogP contribution in [0.5, 0.6) is 0 Å². The van der Waals surface area contributed by atoms with E-state index in [9.17, 15) is 9.59 Å². The number of allylic oxidation sites excluding steroid dienone is 2. The largest absolute Gasteiger partial charge is 0.466 e. The molecule has 0 aromatic heterocycles. The molecule has 0 fully saturated rings. The molecule has 0 saturated carbocycles. The molecule has 0 aliphatic carbocycles. The summed E-state index contributed by atoms with van der Waals surface area (Å²) < 4.78 is 9.48. The molecule has 1 atom stereocenters. The van der Waals surface area contributed by atoms with E-state index in [1.807, 2.05) is 64.1 Å². The summed E-state index contributed by atoms with van der Waals surface area (Å²) >= 11 is 0. The molecule has 2 aromatic carbocycles. The van der Waals surface area contributed by atoms with Gasteiger partial charge in [-0.15, -0.1) is 0 Å². The van der Waals surface area contributed by atoms with Gasteiger partial charge < -0.3 is 10.1 Å². The lowest BCUT2D eigenvalue weighted by atomic mass is 10.0. The van der Waals surface area contributed by atoms with Gasteiger partial charge in [0.05, 0.1) is 18.4 Å². The average molecular weight is 467 g/mol. The van der Waals surface area contributed by atoms with E-state index < -0.39 is 0 Å². The molecule has 2 rings (SSSR count). The molecule has 0 aliphatic heterocycles. The fourth-order valence-electron chi connectivity index (χ4n) is 3.12. The van der Waals surface area contributed by atoms with Crippen molar-refractivity contribution in [3.05, 3.63) is 94.2 Å². The van der Waals surface area contributed by atoms with Crippen molar-refractivity contribution in [2.45, 2.75) is 33.6 Å². The number of carbonyl (C=O) groups excluding carboxylic acids is 2. The van der Waals surface area contributed by atoms with Gasteiger partial charge in [0.1, 0.15) is 0 Å². The Morgan fingerprint density at radius 3 is 2.27 bits per heavy atom. The lowest BCUT2D eigenvalue weighted by Gasteiger charge is -2.20. The van der Waals surface area contributed by atoms with E-state index in [1.54, 1.807) is 13.0 Å². The lowest BCUT2D eigenvalue weighted by molar-refractivity contribution is -0.136. The first kappa shape index (κ1) is 26.0. The Morgan fingerprint density at radius 1 is 1.03 bits per heavy atom. The van der Waals surface area contributed by atoms with Crippen LogP contribution >= 0.6 is 9.47 Å². The monoisotopic (exact) mass is 466 g/mol. The molecule has 0 radical (unpaired) electrons. The van der Waals surface area contributed by atoms with E-state index in [2.05, 4.69) is 29.3 Å². The van der Waals surface area contributed by atoms with Crippen LogP contribution in [0.25, 0.3) is 11.8 Å². The van der Waals surface area contributed by atoms with Gasteiger partial charge in [-0.05, 0) is 43.0 Å². The molecule has 174 valence electrons. The topological polar surface area (TPSA) is 76.7 Å². The van der Waals surface area contributed by atoms with Gasteiger partial charge in [-0.2, -0.15) is 0 Å². The molecular weight excluding hydrogens is 435 g/mol. The van der Waals surface area contributed by atoms with Gasteiger partial charge in [0.2, 0.25) is 0 Å². The minimum atomic E-state index is -0.373. The number of hydroxylamine groups is 1. The van der Waals surface area contributed by atoms with Gasteiger partial charge in [0.15, 0.2) is 0 Å². The number of rotatable bonds is 10. The number of methoxy groups -OCH3 is 1. The van der Waals surface area contributed by atoms with E-state index >= 15 is 0 Å². The highest BCUT2D eigenvalue weighted by molar-refractivity contribution is 7.09. The summed E-state index contributed by atoms with van der Waals surface area (Å²) in [5, 5.41) is 3.53. The molecule has 0 heterocycles. The summed E-state index contributed by atoms with van der Waals surface area (Å²) in [7, 11) is 3.35. The first-order valence-electron chi connectivity index (χ1n) is 10.6. The fourth-order valence-corrected chi connectivity index (χ4v) is 3.24. The van der Waals surface area contributed by atoms with Crippen LogP contribution in [0.15, 0.2) is 77.5 Å². The van der Waals surface area contributed by atoms with Crippen LogP contribution in [0.1, 0.15) is 43.9 Å². The maximum Gasteiger partial charge on any atom is 0.335 e. The highest BCUT2D eigenvalue weighted by Crippen LogP contribution is 2.22. The Hall–Kier alpha value is -3.21. The van der Waals surface area contributed by atoms with Crippen LogP contribution < -0.4 is 10.8 Å². The van der Waals surface area contributed by atoms with Crippen LogP contribution in [0.2, 0.25) is 0 Å². The number of esters is 1. The molecular formula is C26H31N2O4P. The van der Waals surface area contributed by atoms with E-state index in [4.69, 9.17) is 4.74 Å². The van der Waals surface area contributed by atoms with Crippen molar-refractivity contribution in [3.63, 3.8) is 0 Å². The third-order valence-corrected chi connectivity index (χ3v) is 5.32. The van der Waals surface area contributed by atoms with Crippen LogP contribution in [0.4, 0.5) is 0 Å². The molecule has 2 N–H and O–H groups in total. The number of hydrogen-bond acceptors (Lipinski definition) is 5. The quantitative estimate of drug-likeness (QED) is 0.224. The van der Waals surface area contributed by atoms with Crippen molar-refractivity contribution in [3.8, 4) is 0 Å². The average Bonchev–Trinajstić information content (AvgIpc) is 2.85. The van der Waals surface area contributed by atoms with Crippen molar-refractivity contribution < 1.29 is 19.0 Å². The third kappa shape index (κ3) is 8.01. The van der Waals surface area contributed by atoms with Gasteiger partial charge in [-0.3, -0.25) is 9.42 Å². The molecule has 2 aromatic rings. The Kier molecular flexibility index (Phi) is 10.5. The molecule has 0 bridgehead atoms. The maximum absolute atomic E-state index is 12.3. The van der Waals surface area contributed by atoms with Crippen molar-refractivity contribution in [2.75, 3.05) is 7.11 Å². The summed E-state index contributed by atoms with van der Waals surface area (Å²) in [4.78, 5) is 23.8. The molecule has 7 heteroatoms. The van der Waals surface area contributed by atoms with Crippen molar-refractivity contribution >= 4 is 33.1 Å². The molecule has 33 heavy (non-hydrogen) atoms. The Labute approximate surface area is 198 Å². The van der Waals surface area contributed by atoms with Crippen molar-refractivity contribution in [1.29, 1.82) is 0 Å². The standard InChI is InChI=1S/C26H31N2O4P/c1-5-18(2)23(17-21-13-11-20(12-14-21)15-16-24(29)28-32-33)27-25(19(3)26(30)31-4)22-9-7-6-8-10-22/h6-16,27H,5,17,33H2,1-4H3,(H,28,29)/b16-15+,23-18?,25-19+. The third-order valence-electron chi connectivity index (χ3n) is 5.20. The van der Waals surface area contributed by atoms with Crippen molar-refractivity contribution in [2.24, 2.45) is 0 Å².